The molecule has 0 aliphatic heterocycles. The Kier molecular flexibility index (Phi) is 7.80. The van der Waals surface area contributed by atoms with Crippen molar-refractivity contribution in [3.63, 3.8) is 0 Å². The van der Waals surface area contributed by atoms with Gasteiger partial charge in [-0.25, -0.2) is 13.4 Å². The van der Waals surface area contributed by atoms with Crippen LogP contribution in [-0.2, 0) is 21.4 Å². The molecular formula is C24H17N5O7S2. The number of thiazole rings is 1. The Morgan fingerprint density at radius 2 is 1.89 bits per heavy atom. The van der Waals surface area contributed by atoms with Crippen molar-refractivity contribution < 1.29 is 27.3 Å². The van der Waals surface area contributed by atoms with Gasteiger partial charge in [0.15, 0.2) is 5.13 Å². The van der Waals surface area contributed by atoms with E-state index in [1.165, 1.54) is 60.8 Å². The molecule has 192 valence electrons. The molecule has 2 heterocycles. The van der Waals surface area contributed by atoms with Gasteiger partial charge < -0.3 is 14.5 Å². The number of hydrogen-bond donors (Lipinski definition) is 2. The number of nitrogens with one attached hydrogen (secondary N) is 2. The average molecular weight is 552 g/mol. The molecule has 4 aromatic rings. The van der Waals surface area contributed by atoms with Crippen molar-refractivity contribution >= 4 is 49.8 Å². The number of nitro benzene ring substituents is 1. The van der Waals surface area contributed by atoms with E-state index < -0.39 is 20.9 Å². The number of non-ortho nitro benzene ring substituents is 1. The quantitative estimate of drug-likeness (QED) is 0.124. The number of nitriles is 1. The van der Waals surface area contributed by atoms with Gasteiger partial charge in [0.25, 0.3) is 21.6 Å². The molecule has 12 nitrogen and oxygen atoms in total. The smallest absolute Gasteiger partial charge is 0.269 e. The molecule has 0 atom stereocenters. The molecule has 0 aliphatic carbocycles. The Labute approximate surface area is 220 Å². The number of rotatable bonds is 10. The van der Waals surface area contributed by atoms with Crippen molar-refractivity contribution in [2.24, 2.45) is 0 Å². The molecule has 38 heavy (non-hydrogen) atoms. The molecule has 0 bridgehead atoms. The minimum atomic E-state index is -3.84. The first-order valence-electron chi connectivity index (χ1n) is 10.6. The van der Waals surface area contributed by atoms with Gasteiger partial charge in [-0.05, 0) is 48.5 Å². The lowest BCUT2D eigenvalue weighted by Crippen LogP contribution is -2.15. The second kappa shape index (κ2) is 11.4. The number of benzene rings is 2. The molecule has 0 unspecified atom stereocenters. The molecule has 0 spiro atoms. The van der Waals surface area contributed by atoms with E-state index >= 15 is 0 Å². The van der Waals surface area contributed by atoms with Gasteiger partial charge in [0, 0.05) is 35.5 Å². The van der Waals surface area contributed by atoms with Gasteiger partial charge in [0.2, 0.25) is 0 Å². The number of sulfonamides is 1. The fourth-order valence-corrected chi connectivity index (χ4v) is 4.81. The van der Waals surface area contributed by atoms with Crippen LogP contribution < -0.4 is 14.8 Å². The van der Waals surface area contributed by atoms with Crippen LogP contribution in [0.4, 0.5) is 16.5 Å². The normalized spacial score (nSPS) is 11.4. The van der Waals surface area contributed by atoms with Crippen LogP contribution in [0.5, 0.6) is 5.75 Å². The summed E-state index contributed by atoms with van der Waals surface area (Å²) < 4.78 is 38.3. The lowest BCUT2D eigenvalue weighted by atomic mass is 10.2. The number of nitrogens with zero attached hydrogens (tertiary/aromatic N) is 3. The summed E-state index contributed by atoms with van der Waals surface area (Å²) in [6, 6.07) is 15.9. The van der Waals surface area contributed by atoms with Crippen LogP contribution in [-0.4, -0.2) is 24.2 Å². The number of carbonyl (C=O) groups excluding carboxylic acids is 1. The summed E-state index contributed by atoms with van der Waals surface area (Å²) in [5.74, 6) is 0.312. The highest BCUT2D eigenvalue weighted by atomic mass is 32.2. The summed E-state index contributed by atoms with van der Waals surface area (Å²) in [5.41, 5.74) is -0.0277. The zero-order valence-corrected chi connectivity index (χ0v) is 20.9. The first kappa shape index (κ1) is 26.1. The third kappa shape index (κ3) is 6.60. The first-order chi connectivity index (χ1) is 18.2. The van der Waals surface area contributed by atoms with Gasteiger partial charge in [-0.15, -0.1) is 11.3 Å². The molecule has 4 rings (SSSR count). The minimum Gasteiger partial charge on any atom is -0.486 e. The Morgan fingerprint density at radius 3 is 2.53 bits per heavy atom. The van der Waals surface area contributed by atoms with Crippen molar-refractivity contribution in [1.29, 1.82) is 5.26 Å². The molecule has 2 N–H and O–H groups in total. The van der Waals surface area contributed by atoms with Gasteiger partial charge in [-0.2, -0.15) is 5.26 Å². The predicted octanol–water partition coefficient (Wildman–Crippen LogP) is 4.57. The zero-order chi connectivity index (χ0) is 27.1. The summed E-state index contributed by atoms with van der Waals surface area (Å²) in [7, 11) is -3.84. The average Bonchev–Trinajstić information content (AvgIpc) is 3.58. The molecule has 0 aliphatic rings. The number of carbonyl (C=O) groups is 1. The maximum atomic E-state index is 12.6. The van der Waals surface area contributed by atoms with Crippen molar-refractivity contribution in [1.82, 2.24) is 4.98 Å². The van der Waals surface area contributed by atoms with Gasteiger partial charge in [0.05, 0.1) is 9.82 Å². The Bertz CT molecular complexity index is 1620. The number of nitro groups is 1. The summed E-state index contributed by atoms with van der Waals surface area (Å²) in [6.07, 6.45) is 2.72. The molecule has 2 aromatic heterocycles. The van der Waals surface area contributed by atoms with Crippen LogP contribution in [0.15, 0.2) is 87.1 Å². The van der Waals surface area contributed by atoms with Crippen molar-refractivity contribution in [2.45, 2.75) is 11.5 Å². The number of furan rings is 1. The third-order valence-corrected chi connectivity index (χ3v) is 7.01. The Morgan fingerprint density at radius 1 is 1.16 bits per heavy atom. The molecule has 0 saturated carbocycles. The number of amides is 1. The van der Waals surface area contributed by atoms with E-state index in [-0.39, 0.29) is 39.3 Å². The highest BCUT2D eigenvalue weighted by Gasteiger charge is 2.16. The minimum absolute atomic E-state index is 0.0202. The summed E-state index contributed by atoms with van der Waals surface area (Å²) in [5, 5.41) is 24.6. The molecular weight excluding hydrogens is 534 g/mol. The van der Waals surface area contributed by atoms with E-state index in [1.807, 2.05) is 0 Å². The number of hydrogen-bond acceptors (Lipinski definition) is 10. The molecule has 2 aromatic carbocycles. The van der Waals surface area contributed by atoms with E-state index in [9.17, 15) is 28.6 Å². The maximum absolute atomic E-state index is 12.6. The van der Waals surface area contributed by atoms with E-state index in [0.29, 0.717) is 11.5 Å². The topological polar surface area (TPSA) is 177 Å². The van der Waals surface area contributed by atoms with Gasteiger partial charge in [0.1, 0.15) is 35.5 Å². The summed E-state index contributed by atoms with van der Waals surface area (Å²) in [6.45, 7) is 0.0202. The predicted molar refractivity (Wildman–Crippen MR) is 138 cm³/mol. The Hall–Kier alpha value is -5.00. The van der Waals surface area contributed by atoms with Crippen molar-refractivity contribution in [3.8, 4) is 11.8 Å². The third-order valence-electron chi connectivity index (χ3n) is 4.84. The van der Waals surface area contributed by atoms with Gasteiger partial charge in [-0.1, -0.05) is 0 Å². The number of anilines is 2. The molecule has 0 saturated heterocycles. The van der Waals surface area contributed by atoms with Crippen molar-refractivity contribution in [3.05, 3.63) is 99.4 Å². The Balaban J connectivity index is 1.36. The second-order valence-corrected chi connectivity index (χ2v) is 10.0. The van der Waals surface area contributed by atoms with E-state index in [0.717, 1.165) is 11.3 Å². The van der Waals surface area contributed by atoms with Crippen LogP contribution in [0.1, 0.15) is 11.5 Å². The SMILES string of the molecule is N#CC(=Cc1ccc(COc2ccc([N+](=O)[O-])cc2)o1)C(=O)Nc1ccc(S(=O)(=O)Nc2nccs2)cc1. The summed E-state index contributed by atoms with van der Waals surface area (Å²) >= 11 is 1.14. The van der Waals surface area contributed by atoms with Crippen LogP contribution in [0, 0.1) is 21.4 Å². The largest absolute Gasteiger partial charge is 0.486 e. The van der Waals surface area contributed by atoms with E-state index in [1.54, 1.807) is 23.6 Å². The molecule has 14 heteroatoms. The van der Waals surface area contributed by atoms with E-state index in [2.05, 4.69) is 15.0 Å². The molecule has 1 amide bonds. The molecule has 0 radical (unpaired) electrons. The lowest BCUT2D eigenvalue weighted by Gasteiger charge is -2.07. The standard InChI is InChI=1S/C24H17N5O7S2/c25-14-16(13-20-7-8-21(36-20)15-35-19-5-3-18(4-6-19)29(31)32)23(30)27-17-1-9-22(10-2-17)38(33,34)28-24-26-11-12-37-24/h1-13H,15H2,(H,26,28)(H,27,30). The number of aromatic nitrogens is 1. The van der Waals surface area contributed by atoms with E-state index in [4.69, 9.17) is 9.15 Å². The summed E-state index contributed by atoms with van der Waals surface area (Å²) in [4.78, 5) is 26.6. The van der Waals surface area contributed by atoms with Crippen LogP contribution in [0.3, 0.4) is 0 Å². The van der Waals surface area contributed by atoms with Crippen LogP contribution in [0.25, 0.3) is 6.08 Å². The van der Waals surface area contributed by atoms with Gasteiger partial charge >= 0.3 is 0 Å². The highest BCUT2D eigenvalue weighted by Crippen LogP contribution is 2.21. The van der Waals surface area contributed by atoms with Crippen LogP contribution in [0.2, 0.25) is 0 Å². The van der Waals surface area contributed by atoms with Crippen LogP contribution >= 0.6 is 11.3 Å². The highest BCUT2D eigenvalue weighted by molar-refractivity contribution is 7.93. The first-order valence-corrected chi connectivity index (χ1v) is 13.0. The number of ether oxygens (including phenoxy) is 1. The fourth-order valence-electron chi connectivity index (χ4n) is 3.02. The maximum Gasteiger partial charge on any atom is 0.269 e. The second-order valence-electron chi connectivity index (χ2n) is 7.43. The fraction of sp³-hybridized carbons (Fsp3) is 0.0417. The monoisotopic (exact) mass is 551 g/mol. The zero-order valence-electron chi connectivity index (χ0n) is 19.2. The lowest BCUT2D eigenvalue weighted by molar-refractivity contribution is -0.384. The molecule has 0 fully saturated rings. The van der Waals surface area contributed by atoms with Crippen molar-refractivity contribution in [2.75, 3.05) is 10.0 Å². The van der Waals surface area contributed by atoms with Gasteiger partial charge in [-0.3, -0.25) is 19.6 Å².